The second kappa shape index (κ2) is 11.7. The third-order valence-corrected chi connectivity index (χ3v) is 9.40. The van der Waals surface area contributed by atoms with Gasteiger partial charge < -0.3 is 9.47 Å². The number of ether oxygens (including phenoxy) is 2. The van der Waals surface area contributed by atoms with Gasteiger partial charge in [-0.05, 0) is 96.8 Å². The Kier molecular flexibility index (Phi) is 7.40. The molecule has 0 N–H and O–H groups in total. The molecule has 230 valence electrons. The first-order valence-electron chi connectivity index (χ1n) is 15.0. The van der Waals surface area contributed by atoms with Crippen molar-refractivity contribution in [2.75, 3.05) is 11.5 Å². The summed E-state index contributed by atoms with van der Waals surface area (Å²) in [7, 11) is 0. The largest absolute Gasteiger partial charge is 0.457 e. The molecule has 3 fully saturated rings. The predicted molar refractivity (Wildman–Crippen MR) is 166 cm³/mol. The number of carbonyl (C=O) groups is 4. The molecule has 2 saturated carbocycles. The number of amides is 2. The number of nitro groups is 1. The van der Waals surface area contributed by atoms with Crippen LogP contribution in [0.3, 0.4) is 0 Å². The van der Waals surface area contributed by atoms with Crippen molar-refractivity contribution in [1.29, 1.82) is 0 Å². The molecule has 3 aliphatic rings. The van der Waals surface area contributed by atoms with Gasteiger partial charge in [-0.1, -0.05) is 30.3 Å². The van der Waals surface area contributed by atoms with Crippen LogP contribution in [-0.2, 0) is 14.3 Å². The maximum atomic E-state index is 13.6. The van der Waals surface area contributed by atoms with E-state index in [1.807, 2.05) is 18.2 Å². The van der Waals surface area contributed by atoms with E-state index >= 15 is 0 Å². The molecule has 4 aromatic carbocycles. The number of carbonyl (C=O) groups excluding carboxylic acids is 4. The van der Waals surface area contributed by atoms with Crippen LogP contribution in [0.1, 0.15) is 45.0 Å². The fourth-order valence-corrected chi connectivity index (χ4v) is 7.32. The average molecular weight is 617 g/mol. The summed E-state index contributed by atoms with van der Waals surface area (Å²) >= 11 is 0. The van der Waals surface area contributed by atoms with Gasteiger partial charge >= 0.3 is 5.97 Å². The second-order valence-corrected chi connectivity index (χ2v) is 11.9. The van der Waals surface area contributed by atoms with Gasteiger partial charge in [0.25, 0.3) is 5.69 Å². The molecule has 1 aliphatic heterocycles. The van der Waals surface area contributed by atoms with Crippen molar-refractivity contribution in [1.82, 2.24) is 0 Å². The molecular weight excluding hydrogens is 588 g/mol. The number of rotatable bonds is 9. The first-order valence-corrected chi connectivity index (χ1v) is 15.0. The number of fused-ring (bicyclic) bond motifs is 5. The Morgan fingerprint density at radius 3 is 2.02 bits per heavy atom. The zero-order chi connectivity index (χ0) is 31.9. The lowest BCUT2D eigenvalue weighted by atomic mass is 9.73. The maximum Gasteiger partial charge on any atom is 0.338 e. The molecule has 7 rings (SSSR count). The Bertz CT molecular complexity index is 1840. The standard InChI is InChI=1S/C36H28N2O8/c39-31(22-8-14-27(15-9-22)46-28-16-12-26(13-17-28)38(43)44)20-45-36(42)23-6-10-25(11-7-23)37-34(40)32-24-18-29(21-4-2-1-3-5-21)30(19-24)33(32)35(37)41/h1-17,24,29-30,32-33H,18-20H2/t24-,29+,30+,32+,33+/m0/s1. The van der Waals surface area contributed by atoms with E-state index < -0.39 is 23.3 Å². The van der Waals surface area contributed by atoms with Crippen molar-refractivity contribution in [2.24, 2.45) is 23.7 Å². The van der Waals surface area contributed by atoms with E-state index in [2.05, 4.69) is 12.1 Å². The van der Waals surface area contributed by atoms with Crippen LogP contribution in [-0.4, -0.2) is 35.1 Å². The third-order valence-electron chi connectivity index (χ3n) is 9.40. The molecular formula is C36H28N2O8. The summed E-state index contributed by atoms with van der Waals surface area (Å²) in [6.45, 7) is -0.485. The maximum absolute atomic E-state index is 13.6. The molecule has 2 aliphatic carbocycles. The summed E-state index contributed by atoms with van der Waals surface area (Å²) in [5.74, 6) is -0.667. The van der Waals surface area contributed by atoms with Crippen LogP contribution in [0.4, 0.5) is 11.4 Å². The molecule has 0 radical (unpaired) electrons. The third kappa shape index (κ3) is 5.21. The van der Waals surface area contributed by atoms with Crippen molar-refractivity contribution in [3.05, 3.63) is 130 Å². The van der Waals surface area contributed by atoms with E-state index in [0.29, 0.717) is 22.7 Å². The van der Waals surface area contributed by atoms with Gasteiger partial charge in [-0.15, -0.1) is 0 Å². The topological polar surface area (TPSA) is 133 Å². The summed E-state index contributed by atoms with van der Waals surface area (Å²) in [5, 5.41) is 10.8. The van der Waals surface area contributed by atoms with Crippen LogP contribution in [0.2, 0.25) is 0 Å². The molecule has 46 heavy (non-hydrogen) atoms. The van der Waals surface area contributed by atoms with Gasteiger partial charge in [-0.2, -0.15) is 0 Å². The van der Waals surface area contributed by atoms with E-state index in [9.17, 15) is 29.3 Å². The van der Waals surface area contributed by atoms with E-state index in [0.717, 1.165) is 12.8 Å². The molecule has 1 saturated heterocycles. The number of hydrogen-bond acceptors (Lipinski definition) is 8. The van der Waals surface area contributed by atoms with Gasteiger partial charge in [0, 0.05) is 17.7 Å². The number of ketones is 1. The lowest BCUT2D eigenvalue weighted by Gasteiger charge is -2.28. The number of nitrogens with zero attached hydrogens (tertiary/aromatic N) is 2. The Morgan fingerprint density at radius 2 is 1.37 bits per heavy atom. The van der Waals surface area contributed by atoms with E-state index in [-0.39, 0.29) is 52.7 Å². The highest BCUT2D eigenvalue weighted by Gasteiger charge is 2.64. The molecule has 2 bridgehead atoms. The minimum atomic E-state index is -0.710. The molecule has 2 amide bonds. The Morgan fingerprint density at radius 1 is 0.761 bits per heavy atom. The lowest BCUT2D eigenvalue weighted by molar-refractivity contribution is -0.384. The number of esters is 1. The van der Waals surface area contributed by atoms with Crippen LogP contribution >= 0.6 is 0 Å². The highest BCUT2D eigenvalue weighted by molar-refractivity contribution is 6.22. The number of anilines is 1. The summed E-state index contributed by atoms with van der Waals surface area (Å²) < 4.78 is 10.9. The Balaban J connectivity index is 0.947. The summed E-state index contributed by atoms with van der Waals surface area (Å²) in [4.78, 5) is 64.0. The van der Waals surface area contributed by atoms with Crippen LogP contribution in [0.25, 0.3) is 0 Å². The summed E-state index contributed by atoms with van der Waals surface area (Å²) in [6, 6.07) is 28.1. The quantitative estimate of drug-likeness (QED) is 0.0698. The van der Waals surface area contributed by atoms with E-state index in [1.165, 1.54) is 59.0 Å². The SMILES string of the molecule is O=C(COC(=O)c1ccc(N2C(=O)[C@@H]3[C@@H]4C[C@@H]([C@H]3C2=O)[C@@H](c2ccccc2)C4)cc1)c1ccc(Oc2ccc([N+](=O)[O-])cc2)cc1. The van der Waals surface area contributed by atoms with Crippen molar-refractivity contribution in [2.45, 2.75) is 18.8 Å². The number of imide groups is 1. The molecule has 0 unspecified atom stereocenters. The predicted octanol–water partition coefficient (Wildman–Crippen LogP) is 6.36. The van der Waals surface area contributed by atoms with E-state index in [1.54, 1.807) is 24.3 Å². The Labute approximate surface area is 263 Å². The number of non-ortho nitro benzene ring substituents is 1. The number of Topliss-reactive ketones (excluding diaryl/α,β-unsaturated/α-hetero) is 1. The first kappa shape index (κ1) is 29.1. The summed E-state index contributed by atoms with van der Waals surface area (Å²) in [6.07, 6.45) is 1.80. The smallest absolute Gasteiger partial charge is 0.338 e. The van der Waals surface area contributed by atoms with Crippen LogP contribution in [0.5, 0.6) is 11.5 Å². The molecule has 5 atom stereocenters. The van der Waals surface area contributed by atoms with Gasteiger partial charge in [0.05, 0.1) is 28.0 Å². The monoisotopic (exact) mass is 616 g/mol. The molecule has 0 aromatic heterocycles. The van der Waals surface area contributed by atoms with Crippen LogP contribution in [0, 0.1) is 33.8 Å². The fourth-order valence-electron chi connectivity index (χ4n) is 7.32. The highest BCUT2D eigenvalue weighted by atomic mass is 16.6. The zero-order valence-electron chi connectivity index (χ0n) is 24.5. The highest BCUT2D eigenvalue weighted by Crippen LogP contribution is 2.61. The number of nitro benzene ring substituents is 1. The van der Waals surface area contributed by atoms with Gasteiger partial charge in [0.2, 0.25) is 11.8 Å². The molecule has 0 spiro atoms. The minimum absolute atomic E-state index is 0.0540. The van der Waals surface area contributed by atoms with Crippen LogP contribution in [0.15, 0.2) is 103 Å². The lowest BCUT2D eigenvalue weighted by Crippen LogP contribution is -2.33. The first-order chi connectivity index (χ1) is 22.3. The molecule has 1 heterocycles. The second-order valence-electron chi connectivity index (χ2n) is 11.9. The zero-order valence-corrected chi connectivity index (χ0v) is 24.5. The Hall–Kier alpha value is -5.64. The fraction of sp³-hybridized carbons (Fsp3) is 0.222. The van der Waals surface area contributed by atoms with Gasteiger partial charge in [0.15, 0.2) is 12.4 Å². The van der Waals surface area contributed by atoms with Crippen LogP contribution < -0.4 is 9.64 Å². The van der Waals surface area contributed by atoms with Crippen molar-refractivity contribution >= 4 is 34.9 Å². The molecule has 10 heteroatoms. The normalized spacial score (nSPS) is 22.9. The minimum Gasteiger partial charge on any atom is -0.457 e. The van der Waals surface area contributed by atoms with Crippen molar-refractivity contribution < 1.29 is 33.6 Å². The van der Waals surface area contributed by atoms with Gasteiger partial charge in [-0.3, -0.25) is 29.4 Å². The average Bonchev–Trinajstić information content (AvgIpc) is 3.75. The summed E-state index contributed by atoms with van der Waals surface area (Å²) in [5.41, 5.74) is 2.08. The molecule has 10 nitrogen and oxygen atoms in total. The van der Waals surface area contributed by atoms with Crippen molar-refractivity contribution in [3.63, 3.8) is 0 Å². The number of benzene rings is 4. The van der Waals surface area contributed by atoms with Gasteiger partial charge in [-0.25, -0.2) is 4.79 Å². The van der Waals surface area contributed by atoms with E-state index in [4.69, 9.17) is 9.47 Å². The molecule has 4 aromatic rings. The van der Waals surface area contributed by atoms with Crippen molar-refractivity contribution in [3.8, 4) is 11.5 Å². The number of hydrogen-bond donors (Lipinski definition) is 0. The van der Waals surface area contributed by atoms with Gasteiger partial charge in [0.1, 0.15) is 11.5 Å².